The van der Waals surface area contributed by atoms with Crippen LogP contribution in [0.2, 0.25) is 0 Å². The topological polar surface area (TPSA) is 97.9 Å². The zero-order valence-electron chi connectivity index (χ0n) is 20.0. The molecule has 11 heteroatoms. The van der Waals surface area contributed by atoms with E-state index in [1.807, 2.05) is 23.1 Å². The molecule has 2 fully saturated rings. The Labute approximate surface area is 207 Å². The third kappa shape index (κ3) is 4.07. The number of ether oxygens (including phenoxy) is 1. The molecule has 0 amide bonds. The number of aromatic nitrogens is 5. The molecule has 3 aliphatic rings. The van der Waals surface area contributed by atoms with Gasteiger partial charge in [0, 0.05) is 37.2 Å². The lowest BCUT2D eigenvalue weighted by Gasteiger charge is -2.38. The first-order valence-corrected chi connectivity index (χ1v) is 12.6. The monoisotopic (exact) mass is 501 g/mol. The molecule has 0 aromatic carbocycles. The van der Waals surface area contributed by atoms with Gasteiger partial charge in [-0.15, -0.1) is 0 Å². The van der Waals surface area contributed by atoms with Crippen molar-refractivity contribution in [3.8, 4) is 11.3 Å². The zero-order valence-corrected chi connectivity index (χ0v) is 20.0. The molecule has 192 valence electrons. The van der Waals surface area contributed by atoms with Crippen LogP contribution in [0.4, 0.5) is 19.0 Å². The number of halogens is 3. The van der Waals surface area contributed by atoms with Crippen LogP contribution in [-0.4, -0.2) is 49.3 Å². The van der Waals surface area contributed by atoms with Crippen molar-refractivity contribution in [3.63, 3.8) is 0 Å². The van der Waals surface area contributed by atoms with Crippen LogP contribution < -0.4 is 5.73 Å². The first-order chi connectivity index (χ1) is 17.3. The normalized spacial score (nSPS) is 24.3. The van der Waals surface area contributed by atoms with Gasteiger partial charge >= 0.3 is 6.18 Å². The maximum Gasteiger partial charge on any atom is 0.419 e. The minimum atomic E-state index is -4.58. The maximum atomic E-state index is 13.4. The molecule has 3 N–H and O–H groups in total. The highest BCUT2D eigenvalue weighted by molar-refractivity contribution is 5.63. The third-order valence-corrected chi connectivity index (χ3v) is 8.00. The number of nitrogens with zero attached hydrogens (tertiary/aromatic N) is 5. The number of nitrogen functional groups attached to an aromatic ring is 1. The van der Waals surface area contributed by atoms with E-state index in [9.17, 15) is 13.2 Å². The Morgan fingerprint density at radius 1 is 1.14 bits per heavy atom. The van der Waals surface area contributed by atoms with Gasteiger partial charge < -0.3 is 15.5 Å². The van der Waals surface area contributed by atoms with Gasteiger partial charge in [0.25, 0.3) is 0 Å². The number of nitrogens with two attached hydrogens (primary N) is 1. The maximum absolute atomic E-state index is 13.4. The van der Waals surface area contributed by atoms with Crippen molar-refractivity contribution in [1.82, 2.24) is 29.6 Å². The van der Waals surface area contributed by atoms with E-state index in [2.05, 4.69) is 25.0 Å². The second kappa shape index (κ2) is 8.88. The van der Waals surface area contributed by atoms with Crippen LogP contribution in [-0.2, 0) is 23.1 Å². The van der Waals surface area contributed by atoms with Crippen LogP contribution in [0.1, 0.15) is 61.6 Å². The summed E-state index contributed by atoms with van der Waals surface area (Å²) < 4.78 is 48.6. The molecule has 8 nitrogen and oxygen atoms in total. The van der Waals surface area contributed by atoms with E-state index in [0.29, 0.717) is 36.9 Å². The van der Waals surface area contributed by atoms with Crippen molar-refractivity contribution in [1.29, 1.82) is 0 Å². The standard InChI is InChI=1S/C25H30F3N7O/c26-25(27,28)18-12-17(14-32-22(18)29)19-13-20-24(36-11-10-35(20)33-19)6-9-34(15-24)21(23-30-7-8-31-23)16-4-2-1-3-5-16/h7-8,12-14,16,21H,1-6,9-11,15H2,(H2,29,32)(H,30,31). The lowest BCUT2D eigenvalue weighted by Crippen LogP contribution is -2.42. The van der Waals surface area contributed by atoms with Gasteiger partial charge in [0.1, 0.15) is 17.2 Å². The summed E-state index contributed by atoms with van der Waals surface area (Å²) in [5.41, 5.74) is 5.63. The average molecular weight is 502 g/mol. The van der Waals surface area contributed by atoms with Crippen molar-refractivity contribution in [2.75, 3.05) is 25.4 Å². The van der Waals surface area contributed by atoms with Crippen LogP contribution in [0, 0.1) is 5.92 Å². The Morgan fingerprint density at radius 3 is 2.72 bits per heavy atom. The molecule has 2 atom stereocenters. The summed E-state index contributed by atoms with van der Waals surface area (Å²) in [7, 11) is 0. The fraction of sp³-hybridized carbons (Fsp3) is 0.560. The molecule has 1 saturated carbocycles. The predicted molar refractivity (Wildman–Crippen MR) is 127 cm³/mol. The largest absolute Gasteiger partial charge is 0.419 e. The number of H-pyrrole nitrogens is 1. The first-order valence-electron chi connectivity index (χ1n) is 12.6. The quantitative estimate of drug-likeness (QED) is 0.546. The van der Waals surface area contributed by atoms with Gasteiger partial charge in [-0.2, -0.15) is 18.3 Å². The summed E-state index contributed by atoms with van der Waals surface area (Å²) in [5, 5.41) is 4.65. The van der Waals surface area contributed by atoms with E-state index < -0.39 is 23.2 Å². The number of hydrogen-bond acceptors (Lipinski definition) is 6. The number of fused-ring (bicyclic) bond motifs is 2. The van der Waals surface area contributed by atoms with Gasteiger partial charge in [-0.25, -0.2) is 9.97 Å². The summed E-state index contributed by atoms with van der Waals surface area (Å²) >= 11 is 0. The van der Waals surface area contributed by atoms with Crippen LogP contribution >= 0.6 is 0 Å². The molecule has 2 unspecified atom stereocenters. The lowest BCUT2D eigenvalue weighted by atomic mass is 9.83. The van der Waals surface area contributed by atoms with E-state index in [1.165, 1.54) is 38.3 Å². The fourth-order valence-corrected chi connectivity index (χ4v) is 6.30. The molecule has 3 aromatic heterocycles. The molecule has 3 aromatic rings. The van der Waals surface area contributed by atoms with Crippen LogP contribution in [0.15, 0.2) is 30.7 Å². The molecule has 0 radical (unpaired) electrons. The number of alkyl halides is 3. The molecule has 1 saturated heterocycles. The van der Waals surface area contributed by atoms with Gasteiger partial charge in [0.05, 0.1) is 36.1 Å². The number of pyridine rings is 1. The number of anilines is 1. The van der Waals surface area contributed by atoms with Crippen LogP contribution in [0.25, 0.3) is 11.3 Å². The Morgan fingerprint density at radius 2 is 1.97 bits per heavy atom. The van der Waals surface area contributed by atoms with Crippen molar-refractivity contribution in [3.05, 3.63) is 47.8 Å². The second-order valence-electron chi connectivity index (χ2n) is 10.2. The highest BCUT2D eigenvalue weighted by atomic mass is 19.4. The number of hydrogen-bond donors (Lipinski definition) is 2. The van der Waals surface area contributed by atoms with Crippen molar-refractivity contribution in [2.24, 2.45) is 5.92 Å². The van der Waals surface area contributed by atoms with Gasteiger partial charge in [0.2, 0.25) is 0 Å². The third-order valence-electron chi connectivity index (χ3n) is 8.00. The molecule has 5 heterocycles. The highest BCUT2D eigenvalue weighted by Gasteiger charge is 2.48. The Bertz CT molecular complexity index is 1220. The molecule has 2 aliphatic heterocycles. The van der Waals surface area contributed by atoms with Crippen LogP contribution in [0.5, 0.6) is 0 Å². The van der Waals surface area contributed by atoms with Gasteiger partial charge in [-0.1, -0.05) is 19.3 Å². The fourth-order valence-electron chi connectivity index (χ4n) is 6.30. The summed E-state index contributed by atoms with van der Waals surface area (Å²) in [5.74, 6) is 0.996. The van der Waals surface area contributed by atoms with Crippen molar-refractivity contribution < 1.29 is 17.9 Å². The summed E-state index contributed by atoms with van der Waals surface area (Å²) in [6.45, 7) is 2.60. The Balaban J connectivity index is 1.32. The second-order valence-corrected chi connectivity index (χ2v) is 10.2. The van der Waals surface area contributed by atoms with E-state index in [-0.39, 0.29) is 6.04 Å². The van der Waals surface area contributed by atoms with Gasteiger partial charge in [0.15, 0.2) is 0 Å². The number of likely N-dealkylation sites (tertiary alicyclic amines) is 1. The van der Waals surface area contributed by atoms with Gasteiger partial charge in [-0.05, 0) is 37.3 Å². The molecule has 0 bridgehead atoms. The molecule has 36 heavy (non-hydrogen) atoms. The summed E-state index contributed by atoms with van der Waals surface area (Å²) in [6.07, 6.45) is 7.38. The van der Waals surface area contributed by atoms with Crippen molar-refractivity contribution in [2.45, 2.75) is 62.9 Å². The number of nitrogens with one attached hydrogen (secondary N) is 1. The average Bonchev–Trinajstić information content (AvgIpc) is 3.62. The van der Waals surface area contributed by atoms with Gasteiger partial charge in [-0.3, -0.25) is 9.58 Å². The van der Waals surface area contributed by atoms with Crippen LogP contribution in [0.3, 0.4) is 0 Å². The number of aromatic amines is 1. The number of imidazole rings is 1. The SMILES string of the molecule is Nc1ncc(-c2cc3n(n2)CCOC32CCN(C(c3ncc[nH]3)C3CCCCC3)C2)cc1C(F)(F)F. The molecule has 1 aliphatic carbocycles. The first kappa shape index (κ1) is 23.5. The molecule has 6 rings (SSSR count). The van der Waals surface area contributed by atoms with E-state index >= 15 is 0 Å². The predicted octanol–water partition coefficient (Wildman–Crippen LogP) is 4.52. The molecular formula is C25H30F3N7O. The lowest BCUT2D eigenvalue weighted by molar-refractivity contribution is -0.137. The van der Waals surface area contributed by atoms with E-state index in [4.69, 9.17) is 10.5 Å². The zero-order chi connectivity index (χ0) is 24.9. The minimum Gasteiger partial charge on any atom is -0.383 e. The smallest absolute Gasteiger partial charge is 0.383 e. The van der Waals surface area contributed by atoms with E-state index in [1.54, 1.807) is 0 Å². The highest BCUT2D eigenvalue weighted by Crippen LogP contribution is 2.46. The number of rotatable bonds is 4. The van der Waals surface area contributed by atoms with E-state index in [0.717, 1.165) is 30.6 Å². The summed E-state index contributed by atoms with van der Waals surface area (Å²) in [4.78, 5) is 14.2. The van der Waals surface area contributed by atoms with Crippen molar-refractivity contribution >= 4 is 5.82 Å². The molecular weight excluding hydrogens is 471 g/mol. The molecule has 1 spiro atoms. The Hall–Kier alpha value is -2.92. The minimum absolute atomic E-state index is 0.191. The summed E-state index contributed by atoms with van der Waals surface area (Å²) in [6, 6.07) is 3.08. The Kier molecular flexibility index (Phi) is 5.79.